The van der Waals surface area contributed by atoms with Crippen LogP contribution in [0.4, 0.5) is 10.1 Å². The first-order valence-electron chi connectivity index (χ1n) is 7.88. The Morgan fingerprint density at radius 3 is 2.78 bits per heavy atom. The molecule has 0 bridgehead atoms. The number of carbonyl (C=O) groups excluding carboxylic acids is 1. The van der Waals surface area contributed by atoms with E-state index in [0.717, 1.165) is 52.4 Å². The molecule has 1 aromatic rings. The third-order valence-corrected chi connectivity index (χ3v) is 4.99. The van der Waals surface area contributed by atoms with Gasteiger partial charge in [-0.05, 0) is 24.5 Å². The maximum absolute atomic E-state index is 14.1. The normalized spacial score (nSPS) is 22.5. The zero-order valence-corrected chi connectivity index (χ0v) is 14.5. The van der Waals surface area contributed by atoms with Crippen molar-refractivity contribution in [2.75, 3.05) is 50.8 Å². The summed E-state index contributed by atoms with van der Waals surface area (Å²) in [4.78, 5) is 16.1. The average Bonchev–Trinajstić information content (AvgIpc) is 2.95. The molecule has 0 spiro atoms. The van der Waals surface area contributed by atoms with Crippen molar-refractivity contribution in [2.24, 2.45) is 11.7 Å². The van der Waals surface area contributed by atoms with E-state index in [1.807, 2.05) is 0 Å². The summed E-state index contributed by atoms with van der Waals surface area (Å²) in [5, 5.41) is 0. The highest BCUT2D eigenvalue weighted by atomic mass is 79.9. The Balaban J connectivity index is 1.72. The van der Waals surface area contributed by atoms with Gasteiger partial charge < -0.3 is 15.4 Å². The number of anilines is 1. The first-order chi connectivity index (χ1) is 11.0. The van der Waals surface area contributed by atoms with Crippen molar-refractivity contribution in [3.63, 3.8) is 0 Å². The molecular weight excluding hydrogens is 365 g/mol. The number of carbonyl (C=O) groups is 1. The number of halogens is 2. The van der Waals surface area contributed by atoms with Gasteiger partial charge in [0.1, 0.15) is 5.82 Å². The van der Waals surface area contributed by atoms with Gasteiger partial charge in [-0.25, -0.2) is 4.39 Å². The van der Waals surface area contributed by atoms with Gasteiger partial charge in [0.2, 0.25) is 0 Å². The second kappa shape index (κ2) is 7.15. The Morgan fingerprint density at radius 1 is 1.35 bits per heavy atom. The number of hydrogen-bond acceptors (Lipinski definition) is 4. The molecule has 2 N–H and O–H groups in total. The highest BCUT2D eigenvalue weighted by Gasteiger charge is 2.28. The van der Waals surface area contributed by atoms with E-state index in [9.17, 15) is 9.18 Å². The highest BCUT2D eigenvalue weighted by Crippen LogP contribution is 2.32. The minimum absolute atomic E-state index is 0.0137. The monoisotopic (exact) mass is 385 g/mol. The molecule has 0 aromatic heterocycles. The fourth-order valence-corrected chi connectivity index (χ4v) is 3.82. The molecule has 126 valence electrons. The molecule has 0 radical (unpaired) electrons. The first-order valence-corrected chi connectivity index (χ1v) is 8.68. The third-order valence-electron chi connectivity index (χ3n) is 4.53. The van der Waals surface area contributed by atoms with Crippen LogP contribution in [0.15, 0.2) is 16.6 Å². The van der Waals surface area contributed by atoms with Gasteiger partial charge in [0.25, 0.3) is 5.91 Å². The summed E-state index contributed by atoms with van der Waals surface area (Å²) in [6.07, 6.45) is 1.03. The van der Waals surface area contributed by atoms with Crippen molar-refractivity contribution in [3.05, 3.63) is 28.0 Å². The van der Waals surface area contributed by atoms with Crippen LogP contribution in [0.3, 0.4) is 0 Å². The predicted octanol–water partition coefficient (Wildman–Crippen LogP) is 1.85. The predicted molar refractivity (Wildman–Crippen MR) is 90.2 cm³/mol. The number of nitrogens with two attached hydrogens (primary N) is 1. The van der Waals surface area contributed by atoms with Crippen LogP contribution in [0, 0.1) is 11.7 Å². The number of hydrogen-bond donors (Lipinski definition) is 1. The smallest absolute Gasteiger partial charge is 0.253 e. The Labute approximate surface area is 143 Å². The summed E-state index contributed by atoms with van der Waals surface area (Å²) in [5.74, 6) is -0.781. The highest BCUT2D eigenvalue weighted by molar-refractivity contribution is 9.10. The van der Waals surface area contributed by atoms with Crippen LogP contribution >= 0.6 is 15.9 Å². The van der Waals surface area contributed by atoms with E-state index in [-0.39, 0.29) is 5.56 Å². The number of primary amides is 1. The van der Waals surface area contributed by atoms with Crippen molar-refractivity contribution in [1.29, 1.82) is 0 Å². The molecule has 0 saturated carbocycles. The summed E-state index contributed by atoms with van der Waals surface area (Å²) in [6.45, 7) is 6.16. The van der Waals surface area contributed by atoms with Crippen LogP contribution in [0.5, 0.6) is 0 Å². The van der Waals surface area contributed by atoms with Crippen LogP contribution in [0.2, 0.25) is 0 Å². The number of rotatable bonds is 4. The van der Waals surface area contributed by atoms with Gasteiger partial charge in [-0.15, -0.1) is 0 Å². The second-order valence-corrected chi connectivity index (χ2v) is 7.08. The zero-order chi connectivity index (χ0) is 16.4. The summed E-state index contributed by atoms with van der Waals surface area (Å²) in [5.41, 5.74) is 5.95. The maximum Gasteiger partial charge on any atom is 0.253 e. The molecule has 2 aliphatic heterocycles. The Morgan fingerprint density at radius 2 is 2.09 bits per heavy atom. The van der Waals surface area contributed by atoms with Gasteiger partial charge in [-0.3, -0.25) is 9.69 Å². The van der Waals surface area contributed by atoms with E-state index in [1.165, 1.54) is 6.07 Å². The van der Waals surface area contributed by atoms with E-state index < -0.39 is 11.7 Å². The SMILES string of the molecule is NC(=O)c1c(F)cc(Br)cc1N1CCC(CN2CCOCC2)C1. The Bertz CT molecular complexity index is 593. The number of ether oxygens (including phenoxy) is 1. The van der Waals surface area contributed by atoms with Crippen molar-refractivity contribution < 1.29 is 13.9 Å². The largest absolute Gasteiger partial charge is 0.379 e. The maximum atomic E-state index is 14.1. The summed E-state index contributed by atoms with van der Waals surface area (Å²) in [6, 6.07) is 3.06. The zero-order valence-electron chi connectivity index (χ0n) is 12.9. The lowest BCUT2D eigenvalue weighted by atomic mass is 10.1. The van der Waals surface area contributed by atoms with Crippen molar-refractivity contribution >= 4 is 27.5 Å². The van der Waals surface area contributed by atoms with Gasteiger partial charge in [0, 0.05) is 37.2 Å². The molecule has 2 aliphatic rings. The van der Waals surface area contributed by atoms with E-state index >= 15 is 0 Å². The molecule has 2 saturated heterocycles. The molecule has 1 unspecified atom stereocenters. The number of benzene rings is 1. The summed E-state index contributed by atoms with van der Waals surface area (Å²) >= 11 is 3.30. The topological polar surface area (TPSA) is 58.8 Å². The summed E-state index contributed by atoms with van der Waals surface area (Å²) < 4.78 is 20.1. The van der Waals surface area contributed by atoms with Crippen LogP contribution in [-0.2, 0) is 4.74 Å². The van der Waals surface area contributed by atoms with Gasteiger partial charge in [-0.2, -0.15) is 0 Å². The molecule has 0 aliphatic carbocycles. The molecular formula is C16H21BrFN3O2. The number of nitrogens with zero attached hydrogens (tertiary/aromatic N) is 2. The minimum atomic E-state index is -0.721. The molecule has 1 amide bonds. The van der Waals surface area contributed by atoms with Crippen LogP contribution in [0.25, 0.3) is 0 Å². The van der Waals surface area contributed by atoms with Crippen molar-refractivity contribution in [2.45, 2.75) is 6.42 Å². The Hall–Kier alpha value is -1.18. The van der Waals surface area contributed by atoms with Crippen molar-refractivity contribution in [1.82, 2.24) is 4.90 Å². The fraction of sp³-hybridized carbons (Fsp3) is 0.562. The second-order valence-electron chi connectivity index (χ2n) is 6.16. The van der Waals surface area contributed by atoms with Gasteiger partial charge in [0.15, 0.2) is 0 Å². The quantitative estimate of drug-likeness (QED) is 0.858. The summed E-state index contributed by atoms with van der Waals surface area (Å²) in [7, 11) is 0. The van der Waals surface area contributed by atoms with Crippen LogP contribution in [0.1, 0.15) is 16.8 Å². The van der Waals surface area contributed by atoms with Crippen molar-refractivity contribution in [3.8, 4) is 0 Å². The van der Waals surface area contributed by atoms with E-state index in [4.69, 9.17) is 10.5 Å². The molecule has 2 fully saturated rings. The fourth-order valence-electron chi connectivity index (χ4n) is 3.40. The van der Waals surface area contributed by atoms with E-state index in [1.54, 1.807) is 6.07 Å². The standard InChI is InChI=1S/C16H21BrFN3O2/c17-12-7-13(18)15(16(19)22)14(8-12)21-2-1-11(10-21)9-20-3-5-23-6-4-20/h7-8,11H,1-6,9-10H2,(H2,19,22). The Kier molecular flexibility index (Phi) is 5.18. The average molecular weight is 386 g/mol. The first kappa shape index (κ1) is 16.7. The van der Waals surface area contributed by atoms with Gasteiger partial charge in [0.05, 0.1) is 24.5 Å². The molecule has 1 atom stereocenters. The van der Waals surface area contributed by atoms with E-state index in [0.29, 0.717) is 16.1 Å². The van der Waals surface area contributed by atoms with Crippen LogP contribution in [-0.4, -0.2) is 56.7 Å². The van der Waals surface area contributed by atoms with Gasteiger partial charge in [-0.1, -0.05) is 15.9 Å². The number of amides is 1. The molecule has 7 heteroatoms. The lowest BCUT2D eigenvalue weighted by Crippen LogP contribution is -2.40. The molecule has 3 rings (SSSR count). The van der Waals surface area contributed by atoms with Gasteiger partial charge >= 0.3 is 0 Å². The lowest BCUT2D eigenvalue weighted by molar-refractivity contribution is 0.0320. The lowest BCUT2D eigenvalue weighted by Gasteiger charge is -2.29. The third kappa shape index (κ3) is 3.84. The molecule has 1 aromatic carbocycles. The molecule has 2 heterocycles. The minimum Gasteiger partial charge on any atom is -0.379 e. The molecule has 23 heavy (non-hydrogen) atoms. The molecule has 5 nitrogen and oxygen atoms in total. The van der Waals surface area contributed by atoms with Crippen LogP contribution < -0.4 is 10.6 Å². The van der Waals surface area contributed by atoms with E-state index in [2.05, 4.69) is 25.7 Å². The number of morpholine rings is 1.